The minimum atomic E-state index is -0.277. The number of carbonyl (C=O) groups excluding carboxylic acids is 2. The van der Waals surface area contributed by atoms with E-state index in [9.17, 15) is 9.59 Å². The van der Waals surface area contributed by atoms with Crippen molar-refractivity contribution < 1.29 is 9.59 Å². The second-order valence-corrected chi connectivity index (χ2v) is 7.28. The molecule has 1 N–H and O–H groups in total. The zero-order valence-electron chi connectivity index (χ0n) is 13.4. The lowest BCUT2D eigenvalue weighted by molar-refractivity contribution is 0.0843. The number of hydrogen-bond acceptors (Lipinski definition) is 2. The lowest BCUT2D eigenvalue weighted by atomic mass is 9.90. The first-order valence-corrected chi connectivity index (χ1v) is 8.01. The Balaban J connectivity index is 2.04. The van der Waals surface area contributed by atoms with Gasteiger partial charge in [0, 0.05) is 35.1 Å². The molecular weight excluding hydrogens is 300 g/mol. The Morgan fingerprint density at radius 3 is 2.68 bits per heavy atom. The molecule has 5 heteroatoms. The van der Waals surface area contributed by atoms with E-state index < -0.39 is 0 Å². The van der Waals surface area contributed by atoms with Crippen LogP contribution in [0.5, 0.6) is 0 Å². The molecule has 120 valence electrons. The van der Waals surface area contributed by atoms with Crippen LogP contribution in [0, 0.1) is 5.92 Å². The van der Waals surface area contributed by atoms with E-state index in [1.165, 1.54) is 0 Å². The number of rotatable bonds is 2. The number of hydrogen-bond donors (Lipinski definition) is 1. The number of halogens is 1. The highest BCUT2D eigenvalue weighted by atomic mass is 35.5. The van der Waals surface area contributed by atoms with Crippen molar-refractivity contribution in [2.24, 2.45) is 5.92 Å². The number of urea groups is 1. The Labute approximate surface area is 136 Å². The molecule has 22 heavy (non-hydrogen) atoms. The zero-order chi connectivity index (χ0) is 16.3. The van der Waals surface area contributed by atoms with E-state index >= 15 is 0 Å². The molecule has 0 aliphatic carbocycles. The molecule has 0 radical (unpaired) electrons. The van der Waals surface area contributed by atoms with E-state index in [0.717, 1.165) is 12.8 Å². The second-order valence-electron chi connectivity index (χ2n) is 6.84. The van der Waals surface area contributed by atoms with Crippen LogP contribution in [0.2, 0.25) is 5.02 Å². The van der Waals surface area contributed by atoms with Crippen LogP contribution >= 0.6 is 11.6 Å². The Bertz CT molecular complexity index is 566. The summed E-state index contributed by atoms with van der Waals surface area (Å²) in [5.74, 6) is -0.0892. The third-order valence-corrected chi connectivity index (χ3v) is 3.91. The van der Waals surface area contributed by atoms with Crippen LogP contribution in [-0.4, -0.2) is 35.3 Å². The van der Waals surface area contributed by atoms with E-state index in [1.54, 1.807) is 29.2 Å². The Morgan fingerprint density at radius 2 is 2.05 bits per heavy atom. The van der Waals surface area contributed by atoms with Gasteiger partial charge < -0.3 is 10.2 Å². The molecule has 0 aromatic heterocycles. The van der Waals surface area contributed by atoms with Gasteiger partial charge in [0.05, 0.1) is 0 Å². The van der Waals surface area contributed by atoms with Gasteiger partial charge in [-0.3, -0.25) is 4.79 Å². The Morgan fingerprint density at radius 1 is 1.32 bits per heavy atom. The largest absolute Gasteiger partial charge is 0.333 e. The van der Waals surface area contributed by atoms with Gasteiger partial charge in [-0.2, -0.15) is 0 Å². The molecule has 0 unspecified atom stereocenters. The highest BCUT2D eigenvalue weighted by molar-refractivity contribution is 6.31. The topological polar surface area (TPSA) is 49.4 Å². The average Bonchev–Trinajstić information content (AvgIpc) is 2.45. The SMILES string of the molecule is CC(C)(C)NC(=O)N1CCC[C@H](C(=O)c2cccc(Cl)c2)C1. The van der Waals surface area contributed by atoms with Gasteiger partial charge in [-0.15, -0.1) is 0 Å². The maximum atomic E-state index is 12.6. The molecule has 1 heterocycles. The minimum absolute atomic E-state index is 0.0655. The summed E-state index contributed by atoms with van der Waals surface area (Å²) in [5, 5.41) is 3.51. The predicted octanol–water partition coefficient (Wildman–Crippen LogP) is 3.74. The summed E-state index contributed by atoms with van der Waals surface area (Å²) in [4.78, 5) is 26.6. The summed E-state index contributed by atoms with van der Waals surface area (Å²) in [6.45, 7) is 7.00. The van der Waals surface area contributed by atoms with Gasteiger partial charge in [-0.25, -0.2) is 4.79 Å². The average molecular weight is 323 g/mol. The van der Waals surface area contributed by atoms with Gasteiger partial charge in [0.15, 0.2) is 5.78 Å². The first-order valence-electron chi connectivity index (χ1n) is 7.63. The lowest BCUT2D eigenvalue weighted by Crippen LogP contribution is -2.52. The van der Waals surface area contributed by atoms with E-state index in [0.29, 0.717) is 23.7 Å². The Kier molecular flexibility index (Phi) is 5.12. The van der Waals surface area contributed by atoms with Gasteiger partial charge in [0.2, 0.25) is 0 Å². The normalized spacial score (nSPS) is 18.9. The van der Waals surface area contributed by atoms with Gasteiger partial charge in [0.25, 0.3) is 0 Å². The summed E-state index contributed by atoms with van der Waals surface area (Å²) in [6, 6.07) is 6.90. The van der Waals surface area contributed by atoms with Crippen LogP contribution in [-0.2, 0) is 0 Å². The third kappa shape index (κ3) is 4.47. The molecule has 0 spiro atoms. The smallest absolute Gasteiger partial charge is 0.317 e. The summed E-state index contributed by atoms with van der Waals surface area (Å²) in [6.07, 6.45) is 1.65. The van der Waals surface area contributed by atoms with Gasteiger partial charge in [-0.1, -0.05) is 23.7 Å². The van der Waals surface area contributed by atoms with Crippen molar-refractivity contribution >= 4 is 23.4 Å². The minimum Gasteiger partial charge on any atom is -0.333 e. The predicted molar refractivity (Wildman–Crippen MR) is 88.4 cm³/mol. The monoisotopic (exact) mass is 322 g/mol. The van der Waals surface area contributed by atoms with Crippen LogP contribution in [0.25, 0.3) is 0 Å². The number of nitrogens with one attached hydrogen (secondary N) is 1. The molecule has 1 aliphatic heterocycles. The fraction of sp³-hybridized carbons (Fsp3) is 0.529. The fourth-order valence-corrected chi connectivity index (χ4v) is 2.84. The molecule has 1 aromatic rings. The maximum Gasteiger partial charge on any atom is 0.317 e. The molecule has 1 saturated heterocycles. The van der Waals surface area contributed by atoms with E-state index in [-0.39, 0.29) is 23.3 Å². The fourth-order valence-electron chi connectivity index (χ4n) is 2.65. The lowest BCUT2D eigenvalue weighted by Gasteiger charge is -2.34. The highest BCUT2D eigenvalue weighted by Gasteiger charge is 2.30. The number of likely N-dealkylation sites (tertiary alicyclic amines) is 1. The van der Waals surface area contributed by atoms with Crippen LogP contribution in [0.4, 0.5) is 4.79 Å². The summed E-state index contributed by atoms with van der Waals surface area (Å²) >= 11 is 5.95. The van der Waals surface area contributed by atoms with E-state index in [2.05, 4.69) is 5.32 Å². The van der Waals surface area contributed by atoms with Crippen molar-refractivity contribution in [1.29, 1.82) is 0 Å². The number of ketones is 1. The number of carbonyl (C=O) groups is 2. The number of amides is 2. The number of piperidine rings is 1. The number of Topliss-reactive ketones (excluding diaryl/α,β-unsaturated/α-hetero) is 1. The first kappa shape index (κ1) is 16.8. The quantitative estimate of drug-likeness (QED) is 0.843. The van der Waals surface area contributed by atoms with Crippen molar-refractivity contribution in [3.63, 3.8) is 0 Å². The van der Waals surface area contributed by atoms with Crippen molar-refractivity contribution in [3.05, 3.63) is 34.9 Å². The number of nitrogens with zero attached hydrogens (tertiary/aromatic N) is 1. The molecule has 1 fully saturated rings. The molecule has 1 aromatic carbocycles. The molecule has 0 bridgehead atoms. The molecule has 4 nitrogen and oxygen atoms in total. The molecule has 2 rings (SSSR count). The summed E-state index contributed by atoms with van der Waals surface area (Å²) in [5.41, 5.74) is 0.344. The van der Waals surface area contributed by atoms with Crippen molar-refractivity contribution in [1.82, 2.24) is 10.2 Å². The van der Waals surface area contributed by atoms with Gasteiger partial charge in [0.1, 0.15) is 0 Å². The number of benzene rings is 1. The van der Waals surface area contributed by atoms with Crippen LogP contribution in [0.15, 0.2) is 24.3 Å². The van der Waals surface area contributed by atoms with Gasteiger partial charge in [-0.05, 0) is 45.7 Å². The zero-order valence-corrected chi connectivity index (χ0v) is 14.1. The van der Waals surface area contributed by atoms with Crippen molar-refractivity contribution in [2.45, 2.75) is 39.2 Å². The van der Waals surface area contributed by atoms with Crippen molar-refractivity contribution in [2.75, 3.05) is 13.1 Å². The highest BCUT2D eigenvalue weighted by Crippen LogP contribution is 2.22. The molecule has 2 amide bonds. The molecule has 1 atom stereocenters. The van der Waals surface area contributed by atoms with E-state index in [1.807, 2.05) is 20.8 Å². The van der Waals surface area contributed by atoms with Crippen molar-refractivity contribution in [3.8, 4) is 0 Å². The van der Waals surface area contributed by atoms with Crippen LogP contribution < -0.4 is 5.32 Å². The molecular formula is C17H23ClN2O2. The van der Waals surface area contributed by atoms with Crippen LogP contribution in [0.3, 0.4) is 0 Å². The summed E-state index contributed by atoms with van der Waals surface area (Å²) < 4.78 is 0. The maximum absolute atomic E-state index is 12.6. The standard InChI is InChI=1S/C17H23ClN2O2/c1-17(2,3)19-16(22)20-9-5-7-13(11-20)15(21)12-6-4-8-14(18)10-12/h4,6,8,10,13H,5,7,9,11H2,1-3H3,(H,19,22)/t13-/m0/s1. The van der Waals surface area contributed by atoms with Gasteiger partial charge >= 0.3 is 6.03 Å². The van der Waals surface area contributed by atoms with Crippen LogP contribution in [0.1, 0.15) is 44.0 Å². The third-order valence-electron chi connectivity index (χ3n) is 3.67. The first-order chi connectivity index (χ1) is 10.3. The second kappa shape index (κ2) is 6.69. The van der Waals surface area contributed by atoms with E-state index in [4.69, 9.17) is 11.6 Å². The summed E-state index contributed by atoms with van der Waals surface area (Å²) in [7, 11) is 0. The molecule has 1 aliphatic rings. The Hall–Kier alpha value is -1.55. The molecule has 0 saturated carbocycles.